The average Bonchev–Trinajstić information content (AvgIpc) is 3.44. The summed E-state index contributed by atoms with van der Waals surface area (Å²) in [6, 6.07) is 12.4. The van der Waals surface area contributed by atoms with E-state index in [2.05, 4.69) is 46.1 Å². The van der Waals surface area contributed by atoms with E-state index in [1.807, 2.05) is 48.4 Å². The molecular weight excluding hydrogens is 424 g/mol. The third-order valence-electron chi connectivity index (χ3n) is 7.45. The SMILES string of the molecule is Cn1ccc2c(-c3ccc(Nc4ccc(C5(C)CCNCC5)cn4)c4c3CNC4=O)ccnc21. The molecule has 7 nitrogen and oxygen atoms in total. The second-order valence-corrected chi connectivity index (χ2v) is 9.59. The van der Waals surface area contributed by atoms with Gasteiger partial charge in [-0.2, -0.15) is 0 Å². The molecule has 0 atom stereocenters. The molecule has 2 aliphatic rings. The van der Waals surface area contributed by atoms with Crippen molar-refractivity contribution in [2.45, 2.75) is 31.7 Å². The summed E-state index contributed by atoms with van der Waals surface area (Å²) in [4.78, 5) is 22.0. The highest BCUT2D eigenvalue weighted by atomic mass is 16.1. The number of aryl methyl sites for hydroxylation is 1. The summed E-state index contributed by atoms with van der Waals surface area (Å²) in [5.41, 5.74) is 6.97. The van der Waals surface area contributed by atoms with Gasteiger partial charge in [-0.25, -0.2) is 9.97 Å². The van der Waals surface area contributed by atoms with Crippen molar-refractivity contribution in [1.82, 2.24) is 25.2 Å². The number of carbonyl (C=O) groups excluding carboxylic acids is 1. The highest BCUT2D eigenvalue weighted by molar-refractivity contribution is 6.07. The van der Waals surface area contributed by atoms with Crippen LogP contribution in [0.15, 0.2) is 55.0 Å². The fraction of sp³-hybridized carbons (Fsp3) is 0.296. The Morgan fingerprint density at radius 3 is 2.68 bits per heavy atom. The maximum absolute atomic E-state index is 12.8. The molecule has 0 radical (unpaired) electrons. The Morgan fingerprint density at radius 2 is 1.88 bits per heavy atom. The standard InChI is InChI=1S/C27H28N6O/c1-27(9-12-28-13-10-27)17-3-6-23(30-15-17)32-22-5-4-18(21-16-31-26(34)24(21)22)19-7-11-29-25-20(19)8-14-33(25)2/h3-8,11,14-15,28H,9-10,12-13,16H2,1-2H3,(H,30,32)(H,31,34). The number of aromatic nitrogens is 3. The predicted octanol–water partition coefficient (Wildman–Crippen LogP) is 4.26. The first-order valence-electron chi connectivity index (χ1n) is 11.8. The van der Waals surface area contributed by atoms with E-state index in [1.54, 1.807) is 0 Å². The first kappa shape index (κ1) is 20.9. The normalized spacial score (nSPS) is 16.9. The molecule has 0 aliphatic carbocycles. The Balaban J connectivity index is 1.35. The Hall–Kier alpha value is -3.71. The molecule has 6 rings (SSSR count). The second kappa shape index (κ2) is 7.95. The van der Waals surface area contributed by atoms with Crippen LogP contribution in [0.3, 0.4) is 0 Å². The number of anilines is 2. The van der Waals surface area contributed by atoms with Gasteiger partial charge in [-0.1, -0.05) is 19.1 Å². The molecule has 0 bridgehead atoms. The molecule has 34 heavy (non-hydrogen) atoms. The van der Waals surface area contributed by atoms with Crippen molar-refractivity contribution < 1.29 is 4.79 Å². The number of rotatable bonds is 4. The Labute approximate surface area is 198 Å². The molecule has 1 fully saturated rings. The van der Waals surface area contributed by atoms with Gasteiger partial charge in [0.1, 0.15) is 11.5 Å². The number of hydrogen-bond donors (Lipinski definition) is 3. The number of fused-ring (bicyclic) bond motifs is 2. The van der Waals surface area contributed by atoms with Crippen molar-refractivity contribution in [1.29, 1.82) is 0 Å². The monoisotopic (exact) mass is 452 g/mol. The summed E-state index contributed by atoms with van der Waals surface area (Å²) in [5, 5.41) is 10.9. The molecule has 1 amide bonds. The van der Waals surface area contributed by atoms with Gasteiger partial charge in [0.15, 0.2) is 0 Å². The molecule has 0 saturated carbocycles. The lowest BCUT2D eigenvalue weighted by Crippen LogP contribution is -2.37. The van der Waals surface area contributed by atoms with Gasteiger partial charge >= 0.3 is 0 Å². The van der Waals surface area contributed by atoms with E-state index < -0.39 is 0 Å². The predicted molar refractivity (Wildman–Crippen MR) is 134 cm³/mol. The van der Waals surface area contributed by atoms with Crippen LogP contribution in [-0.2, 0) is 19.0 Å². The molecule has 172 valence electrons. The minimum Gasteiger partial charge on any atom is -0.348 e. The van der Waals surface area contributed by atoms with E-state index in [1.165, 1.54) is 5.56 Å². The molecule has 1 saturated heterocycles. The van der Waals surface area contributed by atoms with Gasteiger partial charge in [0.25, 0.3) is 5.91 Å². The Kier molecular flexibility index (Phi) is 4.88. The average molecular weight is 453 g/mol. The van der Waals surface area contributed by atoms with Gasteiger partial charge in [-0.05, 0) is 77.9 Å². The van der Waals surface area contributed by atoms with Crippen molar-refractivity contribution in [3.05, 3.63) is 71.7 Å². The third-order valence-corrected chi connectivity index (χ3v) is 7.45. The van der Waals surface area contributed by atoms with Crippen molar-refractivity contribution in [3.8, 4) is 11.1 Å². The highest BCUT2D eigenvalue weighted by Crippen LogP contribution is 2.38. The molecule has 5 heterocycles. The van der Waals surface area contributed by atoms with Gasteiger partial charge in [-0.15, -0.1) is 0 Å². The summed E-state index contributed by atoms with van der Waals surface area (Å²) >= 11 is 0. The largest absolute Gasteiger partial charge is 0.348 e. The van der Waals surface area contributed by atoms with Crippen LogP contribution < -0.4 is 16.0 Å². The fourth-order valence-electron chi connectivity index (χ4n) is 5.33. The van der Waals surface area contributed by atoms with Crippen molar-refractivity contribution in [2.24, 2.45) is 7.05 Å². The smallest absolute Gasteiger partial charge is 0.254 e. The number of nitrogens with zero attached hydrogens (tertiary/aromatic N) is 3. The number of amides is 1. The Bertz CT molecular complexity index is 1400. The highest BCUT2D eigenvalue weighted by Gasteiger charge is 2.29. The number of carbonyl (C=O) groups is 1. The van der Waals surface area contributed by atoms with Crippen LogP contribution >= 0.6 is 0 Å². The lowest BCUT2D eigenvalue weighted by atomic mass is 9.76. The molecule has 3 aromatic heterocycles. The van der Waals surface area contributed by atoms with Crippen LogP contribution in [0.25, 0.3) is 22.2 Å². The topological polar surface area (TPSA) is 83.9 Å². The van der Waals surface area contributed by atoms with Crippen LogP contribution in [0.2, 0.25) is 0 Å². The molecule has 0 spiro atoms. The van der Waals surface area contributed by atoms with E-state index in [-0.39, 0.29) is 11.3 Å². The van der Waals surface area contributed by atoms with Gasteiger partial charge in [0, 0.05) is 37.6 Å². The maximum atomic E-state index is 12.8. The summed E-state index contributed by atoms with van der Waals surface area (Å²) < 4.78 is 2.01. The number of piperidine rings is 1. The van der Waals surface area contributed by atoms with Crippen LogP contribution in [-0.4, -0.2) is 33.5 Å². The van der Waals surface area contributed by atoms with Crippen LogP contribution in [0.5, 0.6) is 0 Å². The molecule has 0 unspecified atom stereocenters. The van der Waals surface area contributed by atoms with Crippen molar-refractivity contribution >= 4 is 28.4 Å². The summed E-state index contributed by atoms with van der Waals surface area (Å²) in [6.45, 7) is 4.90. The molecule has 1 aromatic carbocycles. The molecule has 4 aromatic rings. The quantitative estimate of drug-likeness (QED) is 0.431. The molecule has 3 N–H and O–H groups in total. The van der Waals surface area contributed by atoms with E-state index in [0.29, 0.717) is 12.1 Å². The minimum atomic E-state index is -0.0588. The first-order chi connectivity index (χ1) is 16.5. The first-order valence-corrected chi connectivity index (χ1v) is 11.8. The van der Waals surface area contributed by atoms with Crippen molar-refractivity contribution in [2.75, 3.05) is 18.4 Å². The maximum Gasteiger partial charge on any atom is 0.254 e. The zero-order chi connectivity index (χ0) is 23.3. The van der Waals surface area contributed by atoms with E-state index in [9.17, 15) is 4.79 Å². The number of hydrogen-bond acceptors (Lipinski definition) is 5. The van der Waals surface area contributed by atoms with Gasteiger partial charge in [0.2, 0.25) is 0 Å². The lowest BCUT2D eigenvalue weighted by molar-refractivity contribution is 0.0966. The van der Waals surface area contributed by atoms with Gasteiger partial charge in [-0.3, -0.25) is 4.79 Å². The van der Waals surface area contributed by atoms with Crippen molar-refractivity contribution in [3.63, 3.8) is 0 Å². The number of nitrogens with one attached hydrogen (secondary N) is 3. The summed E-state index contributed by atoms with van der Waals surface area (Å²) in [5.74, 6) is 0.682. The van der Waals surface area contributed by atoms with E-state index in [4.69, 9.17) is 4.98 Å². The summed E-state index contributed by atoms with van der Waals surface area (Å²) in [7, 11) is 1.99. The van der Waals surface area contributed by atoms with E-state index >= 15 is 0 Å². The lowest BCUT2D eigenvalue weighted by Gasteiger charge is -2.34. The summed E-state index contributed by atoms with van der Waals surface area (Å²) in [6.07, 6.45) is 8.04. The molecule has 7 heteroatoms. The van der Waals surface area contributed by atoms with E-state index in [0.717, 1.165) is 65.2 Å². The number of pyridine rings is 2. The number of benzene rings is 1. The van der Waals surface area contributed by atoms with Gasteiger partial charge in [0.05, 0.1) is 11.3 Å². The zero-order valence-corrected chi connectivity index (χ0v) is 19.5. The fourth-order valence-corrected chi connectivity index (χ4v) is 5.33. The van der Waals surface area contributed by atoms with Crippen LogP contribution in [0.1, 0.15) is 41.3 Å². The zero-order valence-electron chi connectivity index (χ0n) is 19.5. The molecule has 2 aliphatic heterocycles. The third kappa shape index (κ3) is 3.35. The van der Waals surface area contributed by atoms with Gasteiger partial charge < -0.3 is 20.5 Å². The van der Waals surface area contributed by atoms with Crippen LogP contribution in [0, 0.1) is 0 Å². The second-order valence-electron chi connectivity index (χ2n) is 9.59. The Morgan fingerprint density at radius 1 is 1.03 bits per heavy atom. The molecular formula is C27H28N6O. The van der Waals surface area contributed by atoms with Crippen LogP contribution in [0.4, 0.5) is 11.5 Å². The minimum absolute atomic E-state index is 0.0588.